The second kappa shape index (κ2) is 15.6. The SMILES string of the molecule is [2H]c1c([2H])c([2H])c(-c2ccc3c4ccc(Oc5[c-]c([N+]6=C=[N+](c7cc(C(C)(C)C)cc(C(C)(C)C)c7)c7c6cccc7C([2H])([2H])[2H])ccc5)[c-]c4n(-c4cc(C(C)(C)C)ccn4)c3c2)c([2H])c1[2H].[Pt+2]. The van der Waals surface area contributed by atoms with Gasteiger partial charge in [-0.25, -0.2) is 4.98 Å². The molecule has 6 heteroatoms. The number of aryl methyl sites for hydroxylation is 1. The molecular formula is C55H52N4OPt+2. The van der Waals surface area contributed by atoms with Crippen molar-refractivity contribution in [1.29, 1.82) is 0 Å². The maximum absolute atomic E-state index is 8.73. The molecule has 0 fully saturated rings. The van der Waals surface area contributed by atoms with Crippen molar-refractivity contribution in [2.75, 3.05) is 0 Å². The predicted molar refractivity (Wildman–Crippen MR) is 250 cm³/mol. The summed E-state index contributed by atoms with van der Waals surface area (Å²) in [5.41, 5.74) is 7.40. The first kappa shape index (κ1) is 32.9. The fraction of sp³-hybridized carbons (Fsp3) is 0.236. The number of ether oxygens (including phenoxy) is 1. The second-order valence-electron chi connectivity index (χ2n) is 18.5. The van der Waals surface area contributed by atoms with E-state index >= 15 is 0 Å². The van der Waals surface area contributed by atoms with Gasteiger partial charge in [0, 0.05) is 51.1 Å². The molecule has 0 spiro atoms. The zero-order chi connectivity index (χ0) is 49.0. The summed E-state index contributed by atoms with van der Waals surface area (Å²) in [6.07, 6.45) is 1.77. The van der Waals surface area contributed by atoms with Gasteiger partial charge in [0.2, 0.25) is 5.69 Å². The fourth-order valence-electron chi connectivity index (χ4n) is 7.65. The Kier molecular flexibility index (Phi) is 8.38. The van der Waals surface area contributed by atoms with E-state index in [4.69, 9.17) is 20.7 Å². The molecule has 0 amide bonds. The number of hydrogen-bond acceptors (Lipinski definition) is 2. The van der Waals surface area contributed by atoms with Gasteiger partial charge in [0.25, 0.3) is 5.69 Å². The Bertz CT molecular complexity index is 3410. The Hall–Kier alpha value is -5.86. The quantitative estimate of drug-likeness (QED) is 0.123. The van der Waals surface area contributed by atoms with E-state index in [0.29, 0.717) is 51.0 Å². The van der Waals surface area contributed by atoms with E-state index in [1.54, 1.807) is 30.5 Å². The maximum atomic E-state index is 8.73. The Morgan fingerprint density at radius 3 is 2.07 bits per heavy atom. The van der Waals surface area contributed by atoms with Crippen LogP contribution in [-0.4, -0.2) is 15.6 Å². The van der Waals surface area contributed by atoms with Crippen molar-refractivity contribution in [3.8, 4) is 28.4 Å². The molecular weight excluding hydrogens is 928 g/mol. The van der Waals surface area contributed by atoms with Gasteiger partial charge in [0.15, 0.2) is 0 Å². The molecule has 0 bridgehead atoms. The summed E-state index contributed by atoms with van der Waals surface area (Å²) >= 11 is 0. The monoisotopic (exact) mass is 987 g/mol. The molecule has 1 aliphatic rings. The molecule has 0 radical (unpaired) electrons. The molecule has 1 aliphatic heterocycles. The first-order chi connectivity index (χ1) is 31.8. The third kappa shape index (κ3) is 7.94. The number of aromatic nitrogens is 2. The fourth-order valence-corrected chi connectivity index (χ4v) is 7.65. The van der Waals surface area contributed by atoms with Crippen molar-refractivity contribution in [3.63, 3.8) is 0 Å². The summed E-state index contributed by atoms with van der Waals surface area (Å²) in [7, 11) is 0. The molecule has 0 aliphatic carbocycles. The molecule has 0 atom stereocenters. The zero-order valence-corrected chi connectivity index (χ0v) is 38.1. The Morgan fingerprint density at radius 1 is 0.672 bits per heavy atom. The van der Waals surface area contributed by atoms with Crippen LogP contribution in [0.5, 0.6) is 11.5 Å². The molecule has 8 aromatic rings. The molecule has 0 unspecified atom stereocenters. The number of pyridine rings is 1. The second-order valence-corrected chi connectivity index (χ2v) is 18.5. The van der Waals surface area contributed by atoms with E-state index in [-0.39, 0.29) is 60.5 Å². The first-order valence-electron chi connectivity index (χ1n) is 24.2. The smallest absolute Gasteiger partial charge is 0.509 e. The van der Waals surface area contributed by atoms with Gasteiger partial charge in [0.1, 0.15) is 11.5 Å². The van der Waals surface area contributed by atoms with Crippen LogP contribution in [0.3, 0.4) is 0 Å². The first-order valence-corrected chi connectivity index (χ1v) is 20.2. The van der Waals surface area contributed by atoms with Crippen LogP contribution < -0.4 is 13.9 Å². The van der Waals surface area contributed by atoms with Crippen LogP contribution in [0.4, 0.5) is 22.7 Å². The van der Waals surface area contributed by atoms with Gasteiger partial charge in [-0.05, 0) is 79.1 Å². The third-order valence-corrected chi connectivity index (χ3v) is 11.1. The summed E-state index contributed by atoms with van der Waals surface area (Å²) in [5, 5.41) is 1.69. The van der Waals surface area contributed by atoms with Crippen molar-refractivity contribution in [2.45, 2.75) is 85.4 Å². The van der Waals surface area contributed by atoms with Gasteiger partial charge in [-0.15, -0.1) is 23.6 Å². The van der Waals surface area contributed by atoms with E-state index < -0.39 is 25.0 Å². The number of para-hydroxylation sites is 1. The van der Waals surface area contributed by atoms with Crippen LogP contribution in [0.2, 0.25) is 0 Å². The Balaban J connectivity index is 0.00000642. The minimum absolute atomic E-state index is 0. The summed E-state index contributed by atoms with van der Waals surface area (Å²) in [6.45, 7) is 17.0. The predicted octanol–water partition coefficient (Wildman–Crippen LogP) is 14.3. The summed E-state index contributed by atoms with van der Waals surface area (Å²) < 4.78 is 80.3. The van der Waals surface area contributed by atoms with E-state index in [9.17, 15) is 0 Å². The van der Waals surface area contributed by atoms with Gasteiger partial charge in [-0.2, -0.15) is 12.1 Å². The van der Waals surface area contributed by atoms with E-state index in [2.05, 4.69) is 98.7 Å². The largest absolute Gasteiger partial charge is 2.00 e. The summed E-state index contributed by atoms with van der Waals surface area (Å²) in [6, 6.07) is 39.3. The van der Waals surface area contributed by atoms with E-state index in [1.165, 1.54) is 0 Å². The maximum Gasteiger partial charge on any atom is 2.00 e. The van der Waals surface area contributed by atoms with Gasteiger partial charge in [0.05, 0.1) is 6.85 Å². The number of hydrogen-bond donors (Lipinski definition) is 0. The number of benzene rings is 6. The molecule has 9 rings (SSSR count). The van der Waals surface area contributed by atoms with Gasteiger partial charge < -0.3 is 9.30 Å². The van der Waals surface area contributed by atoms with Crippen LogP contribution in [0.1, 0.15) is 95.5 Å². The summed E-state index contributed by atoms with van der Waals surface area (Å²) in [5.74, 6) is 1.39. The van der Waals surface area contributed by atoms with Crippen molar-refractivity contribution < 1.29 is 36.8 Å². The van der Waals surface area contributed by atoms with Crippen LogP contribution in [0, 0.1) is 19.0 Å². The standard InChI is InChI=1S/C55H52N4O.Pt/c1-36-16-14-21-48-52(36)58(43-30-40(54(5,6)7)29-41(31-43)55(8,9)10)35-57(48)42-19-15-20-44(33-42)60-45-23-25-47-46-24-22-38(37-17-12-11-13-18-37)28-49(46)59(50(47)34-45)51-32-39(26-27-56-51)53(2,3)4;/h11-32H,1-10H3;/q;+2/i1D3,11D,12D,13D,17D,18D;. The van der Waals surface area contributed by atoms with Gasteiger partial charge in [-0.1, -0.05) is 145 Å². The van der Waals surface area contributed by atoms with Crippen LogP contribution in [0.25, 0.3) is 38.8 Å². The van der Waals surface area contributed by atoms with Crippen molar-refractivity contribution in [3.05, 3.63) is 168 Å². The van der Waals surface area contributed by atoms with Crippen molar-refractivity contribution in [1.82, 2.24) is 18.7 Å². The third-order valence-electron chi connectivity index (χ3n) is 11.1. The molecule has 61 heavy (non-hydrogen) atoms. The molecule has 3 heterocycles. The minimum atomic E-state index is -2.41. The topological polar surface area (TPSA) is 33.1 Å². The molecule has 0 saturated carbocycles. The Labute approximate surface area is 386 Å². The molecule has 0 saturated heterocycles. The number of fused-ring (bicyclic) bond motifs is 4. The van der Waals surface area contributed by atoms with Crippen LogP contribution >= 0.6 is 0 Å². The van der Waals surface area contributed by atoms with Gasteiger partial charge in [-0.3, -0.25) is 0 Å². The zero-order valence-electron chi connectivity index (χ0n) is 43.8. The van der Waals surface area contributed by atoms with Crippen molar-refractivity contribution in [2.24, 2.45) is 0 Å². The van der Waals surface area contributed by atoms with Crippen LogP contribution in [-0.2, 0) is 37.3 Å². The average molecular weight is 988 g/mol. The molecule has 2 aromatic heterocycles. The molecule has 0 N–H and O–H groups in total. The normalized spacial score (nSPS) is 15.0. The molecule has 306 valence electrons. The van der Waals surface area contributed by atoms with Gasteiger partial charge >= 0.3 is 32.8 Å². The summed E-state index contributed by atoms with van der Waals surface area (Å²) in [4.78, 5) is 4.83. The van der Waals surface area contributed by atoms with E-state index in [0.717, 1.165) is 33.2 Å². The van der Waals surface area contributed by atoms with Crippen molar-refractivity contribution >= 4 is 50.6 Å². The van der Waals surface area contributed by atoms with Crippen LogP contribution in [0.15, 0.2) is 133 Å². The number of nitrogens with zero attached hydrogens (tertiary/aromatic N) is 4. The molecule has 6 aromatic carbocycles. The minimum Gasteiger partial charge on any atom is -0.509 e. The average Bonchev–Trinajstić information content (AvgIpc) is 3.82. The Morgan fingerprint density at radius 2 is 1.36 bits per heavy atom. The van der Waals surface area contributed by atoms with E-state index in [1.807, 2.05) is 68.3 Å². The number of rotatable bonds is 6. The molecule has 5 nitrogen and oxygen atoms in total.